The van der Waals surface area contributed by atoms with Crippen LogP contribution in [-0.4, -0.2) is 30.4 Å². The smallest absolute Gasteiger partial charge is 0.253 e. The fourth-order valence-corrected chi connectivity index (χ4v) is 2.13. The highest BCUT2D eigenvalue weighted by molar-refractivity contribution is 5.94. The number of likely N-dealkylation sites (tertiary alicyclic amines) is 1. The van der Waals surface area contributed by atoms with Crippen LogP contribution in [0.2, 0.25) is 0 Å². The van der Waals surface area contributed by atoms with Gasteiger partial charge in [-0.1, -0.05) is 6.07 Å². The average molecular weight is 236 g/mol. The summed E-state index contributed by atoms with van der Waals surface area (Å²) < 4.78 is 13.0. The molecule has 1 saturated heterocycles. The van der Waals surface area contributed by atoms with Crippen LogP contribution in [0, 0.1) is 11.7 Å². The lowest BCUT2D eigenvalue weighted by molar-refractivity contribution is 0.0482. The minimum Gasteiger partial charge on any atom is -0.338 e. The maximum absolute atomic E-state index is 13.0. The van der Waals surface area contributed by atoms with E-state index in [4.69, 9.17) is 5.73 Å². The molecule has 1 amide bonds. The van der Waals surface area contributed by atoms with Gasteiger partial charge in [-0.3, -0.25) is 4.79 Å². The van der Waals surface area contributed by atoms with Crippen molar-refractivity contribution in [3.63, 3.8) is 0 Å². The molecular formula is C13H17FN2O. The number of carbonyl (C=O) groups is 1. The zero-order chi connectivity index (χ0) is 12.3. The van der Waals surface area contributed by atoms with Crippen molar-refractivity contribution in [3.05, 3.63) is 35.6 Å². The van der Waals surface area contributed by atoms with Crippen molar-refractivity contribution in [2.75, 3.05) is 19.6 Å². The molecule has 0 spiro atoms. The van der Waals surface area contributed by atoms with Crippen LogP contribution >= 0.6 is 0 Å². The molecule has 1 aromatic carbocycles. The summed E-state index contributed by atoms with van der Waals surface area (Å²) in [5.74, 6) is 0.126. The predicted molar refractivity (Wildman–Crippen MR) is 64.1 cm³/mol. The number of benzene rings is 1. The van der Waals surface area contributed by atoms with E-state index < -0.39 is 0 Å². The Morgan fingerprint density at radius 3 is 2.88 bits per heavy atom. The van der Waals surface area contributed by atoms with Crippen LogP contribution in [0.4, 0.5) is 4.39 Å². The van der Waals surface area contributed by atoms with Gasteiger partial charge in [0.05, 0.1) is 0 Å². The second kappa shape index (κ2) is 5.27. The first-order valence-corrected chi connectivity index (χ1v) is 5.95. The Labute approximate surface area is 100 Å². The molecule has 0 aromatic heterocycles. The first-order chi connectivity index (χ1) is 8.20. The average Bonchev–Trinajstić information content (AvgIpc) is 2.27. The lowest BCUT2D eigenvalue weighted by atomic mass is 9.94. The van der Waals surface area contributed by atoms with Crippen molar-refractivity contribution >= 4 is 5.91 Å². The highest BCUT2D eigenvalue weighted by Gasteiger charge is 2.30. The molecule has 0 aliphatic carbocycles. The number of nitrogens with two attached hydrogens (primary N) is 1. The minimum atomic E-state index is -0.365. The summed E-state index contributed by atoms with van der Waals surface area (Å²) in [4.78, 5) is 13.7. The summed E-state index contributed by atoms with van der Waals surface area (Å²) in [6, 6.07) is 5.85. The van der Waals surface area contributed by atoms with Crippen LogP contribution in [0.25, 0.3) is 0 Å². The molecule has 92 valence electrons. The van der Waals surface area contributed by atoms with Crippen molar-refractivity contribution in [1.29, 1.82) is 0 Å². The van der Waals surface area contributed by atoms with Crippen LogP contribution in [-0.2, 0) is 0 Å². The molecule has 0 unspecified atom stereocenters. The monoisotopic (exact) mass is 236 g/mol. The number of amides is 1. The number of hydrogen-bond donors (Lipinski definition) is 1. The van der Waals surface area contributed by atoms with Gasteiger partial charge in [0.25, 0.3) is 5.91 Å². The molecule has 0 bridgehead atoms. The van der Waals surface area contributed by atoms with E-state index in [1.165, 1.54) is 12.1 Å². The molecule has 1 aliphatic rings. The third kappa shape index (κ3) is 2.82. The molecule has 0 atom stereocenters. The second-order valence-electron chi connectivity index (χ2n) is 4.52. The summed E-state index contributed by atoms with van der Waals surface area (Å²) in [6.45, 7) is 2.25. The molecule has 1 aromatic rings. The highest BCUT2D eigenvalue weighted by Crippen LogP contribution is 2.22. The molecule has 4 heteroatoms. The van der Waals surface area contributed by atoms with E-state index in [1.807, 2.05) is 0 Å². The summed E-state index contributed by atoms with van der Waals surface area (Å²) in [6.07, 6.45) is 2.08. The molecule has 1 heterocycles. The molecule has 2 N–H and O–H groups in total. The van der Waals surface area contributed by atoms with Crippen molar-refractivity contribution in [3.8, 4) is 0 Å². The Hall–Kier alpha value is -1.42. The second-order valence-corrected chi connectivity index (χ2v) is 4.52. The third-order valence-corrected chi connectivity index (χ3v) is 3.13. The van der Waals surface area contributed by atoms with Crippen LogP contribution in [0.3, 0.4) is 0 Å². The lowest BCUT2D eigenvalue weighted by Crippen LogP contribution is -2.50. The quantitative estimate of drug-likeness (QED) is 0.863. The first kappa shape index (κ1) is 12.0. The van der Waals surface area contributed by atoms with Gasteiger partial charge >= 0.3 is 0 Å². The Bertz CT molecular complexity index is 402. The van der Waals surface area contributed by atoms with Gasteiger partial charge in [0.15, 0.2) is 0 Å². The van der Waals surface area contributed by atoms with Gasteiger partial charge in [-0.2, -0.15) is 0 Å². The van der Waals surface area contributed by atoms with Gasteiger partial charge in [0.1, 0.15) is 5.82 Å². The summed E-state index contributed by atoms with van der Waals surface area (Å²) in [5.41, 5.74) is 5.87. The van der Waals surface area contributed by atoms with Crippen LogP contribution in [0.5, 0.6) is 0 Å². The van der Waals surface area contributed by atoms with Crippen molar-refractivity contribution < 1.29 is 9.18 Å². The van der Waals surface area contributed by atoms with Gasteiger partial charge in [-0.25, -0.2) is 4.39 Å². The zero-order valence-electron chi connectivity index (χ0n) is 9.73. The van der Waals surface area contributed by atoms with E-state index in [0.717, 1.165) is 25.9 Å². The first-order valence-electron chi connectivity index (χ1n) is 5.95. The number of carbonyl (C=O) groups excluding carboxylic acids is 1. The standard InChI is InChI=1S/C13H17FN2O/c14-12-5-1-4-11(7-12)13(17)16-8-10(9-16)3-2-6-15/h1,4-5,7,10H,2-3,6,8-9,15H2. The van der Waals surface area contributed by atoms with E-state index in [-0.39, 0.29) is 11.7 Å². The van der Waals surface area contributed by atoms with E-state index in [1.54, 1.807) is 17.0 Å². The van der Waals surface area contributed by atoms with Crippen LogP contribution in [0.15, 0.2) is 24.3 Å². The topological polar surface area (TPSA) is 46.3 Å². The number of nitrogens with zero attached hydrogens (tertiary/aromatic N) is 1. The van der Waals surface area contributed by atoms with Gasteiger partial charge in [-0.15, -0.1) is 0 Å². The summed E-state index contributed by atoms with van der Waals surface area (Å²) in [7, 11) is 0. The van der Waals surface area contributed by atoms with Gasteiger partial charge in [-0.05, 0) is 43.5 Å². The Morgan fingerprint density at radius 1 is 1.47 bits per heavy atom. The Morgan fingerprint density at radius 2 is 2.24 bits per heavy atom. The third-order valence-electron chi connectivity index (χ3n) is 3.13. The van der Waals surface area contributed by atoms with E-state index in [9.17, 15) is 9.18 Å². The number of rotatable bonds is 4. The highest BCUT2D eigenvalue weighted by atomic mass is 19.1. The molecule has 17 heavy (non-hydrogen) atoms. The SMILES string of the molecule is NCCCC1CN(C(=O)c2cccc(F)c2)C1. The van der Waals surface area contributed by atoms with Gasteiger partial charge in [0, 0.05) is 18.7 Å². The van der Waals surface area contributed by atoms with Crippen LogP contribution in [0.1, 0.15) is 23.2 Å². The van der Waals surface area contributed by atoms with Crippen molar-refractivity contribution in [2.45, 2.75) is 12.8 Å². The number of halogens is 1. The molecule has 1 aliphatic heterocycles. The van der Waals surface area contributed by atoms with E-state index in [0.29, 0.717) is 18.0 Å². The molecule has 1 fully saturated rings. The summed E-state index contributed by atoms with van der Waals surface area (Å²) in [5, 5.41) is 0. The maximum Gasteiger partial charge on any atom is 0.253 e. The van der Waals surface area contributed by atoms with Crippen LogP contribution < -0.4 is 5.73 Å². The van der Waals surface area contributed by atoms with E-state index >= 15 is 0 Å². The zero-order valence-corrected chi connectivity index (χ0v) is 9.73. The fourth-order valence-electron chi connectivity index (χ4n) is 2.13. The fraction of sp³-hybridized carbons (Fsp3) is 0.462. The maximum atomic E-state index is 13.0. The van der Waals surface area contributed by atoms with Gasteiger partial charge < -0.3 is 10.6 Å². The molecule has 0 saturated carbocycles. The van der Waals surface area contributed by atoms with Crippen molar-refractivity contribution in [2.24, 2.45) is 11.7 Å². The van der Waals surface area contributed by atoms with Crippen molar-refractivity contribution in [1.82, 2.24) is 4.90 Å². The normalized spacial score (nSPS) is 15.8. The minimum absolute atomic E-state index is 0.0755. The number of hydrogen-bond acceptors (Lipinski definition) is 2. The van der Waals surface area contributed by atoms with Gasteiger partial charge in [0.2, 0.25) is 0 Å². The Kier molecular flexibility index (Phi) is 3.74. The molecule has 3 nitrogen and oxygen atoms in total. The summed E-state index contributed by atoms with van der Waals surface area (Å²) >= 11 is 0. The molecular weight excluding hydrogens is 219 g/mol. The largest absolute Gasteiger partial charge is 0.338 e. The van der Waals surface area contributed by atoms with E-state index in [2.05, 4.69) is 0 Å². The molecule has 0 radical (unpaired) electrons. The molecule has 2 rings (SSSR count). The Balaban J connectivity index is 1.87. The predicted octanol–water partition coefficient (Wildman–Crippen LogP) is 1.64. The lowest BCUT2D eigenvalue weighted by Gasteiger charge is -2.39.